The quantitative estimate of drug-likeness (QED) is 0.794. The lowest BCUT2D eigenvalue weighted by molar-refractivity contribution is -0.137. The molecule has 1 aromatic heterocycles. The number of aromatic nitrogens is 2. The number of carboxylic acid groups (broad SMARTS) is 1. The van der Waals surface area contributed by atoms with Gasteiger partial charge >= 0.3 is 5.97 Å². The lowest BCUT2D eigenvalue weighted by Crippen LogP contribution is -1.95. The van der Waals surface area contributed by atoms with Gasteiger partial charge in [0.25, 0.3) is 0 Å². The van der Waals surface area contributed by atoms with Crippen molar-refractivity contribution in [2.75, 3.05) is 0 Å². The molecule has 0 saturated heterocycles. The molecule has 0 radical (unpaired) electrons. The summed E-state index contributed by atoms with van der Waals surface area (Å²) in [6, 6.07) is 7.47. The van der Waals surface area contributed by atoms with E-state index in [0.29, 0.717) is 36.1 Å². The molecule has 0 saturated carbocycles. The minimum atomic E-state index is -0.779. The van der Waals surface area contributed by atoms with E-state index < -0.39 is 5.97 Å². The van der Waals surface area contributed by atoms with Gasteiger partial charge in [-0.25, -0.2) is 0 Å². The van der Waals surface area contributed by atoms with Crippen LogP contribution in [-0.2, 0) is 17.6 Å². The van der Waals surface area contributed by atoms with Crippen molar-refractivity contribution in [1.82, 2.24) is 10.2 Å². The highest BCUT2D eigenvalue weighted by molar-refractivity contribution is 6.30. The van der Waals surface area contributed by atoms with Crippen LogP contribution < -0.4 is 0 Å². The van der Waals surface area contributed by atoms with Gasteiger partial charge in [-0.05, 0) is 30.5 Å². The van der Waals surface area contributed by atoms with Gasteiger partial charge in [0.15, 0.2) is 0 Å². The second-order valence-electron chi connectivity index (χ2n) is 4.49. The van der Waals surface area contributed by atoms with Gasteiger partial charge in [-0.1, -0.05) is 23.7 Å². The molecular weight excluding hydrogens is 280 g/mol. The molecule has 0 spiro atoms. The van der Waals surface area contributed by atoms with E-state index in [-0.39, 0.29) is 6.42 Å². The highest BCUT2D eigenvalue weighted by Gasteiger charge is 2.07. The summed E-state index contributed by atoms with van der Waals surface area (Å²) in [4.78, 5) is 10.4. The first-order chi connectivity index (χ1) is 9.63. The highest BCUT2D eigenvalue weighted by Crippen LogP contribution is 2.14. The number of carbonyl (C=O) groups is 1. The first kappa shape index (κ1) is 14.5. The fourth-order valence-electron chi connectivity index (χ4n) is 1.79. The Hall–Kier alpha value is -1.88. The number of unbranched alkanes of at least 4 members (excludes halogenated alkanes) is 1. The average molecular weight is 295 g/mol. The maximum absolute atomic E-state index is 10.4. The normalized spacial score (nSPS) is 10.7. The van der Waals surface area contributed by atoms with Crippen LogP contribution in [0.1, 0.15) is 36.6 Å². The Bertz CT molecular complexity index is 566. The minimum Gasteiger partial charge on any atom is -0.481 e. The smallest absolute Gasteiger partial charge is 0.303 e. The van der Waals surface area contributed by atoms with Crippen molar-refractivity contribution in [2.45, 2.75) is 32.1 Å². The summed E-state index contributed by atoms with van der Waals surface area (Å²) in [5, 5.41) is 17.2. The van der Waals surface area contributed by atoms with Crippen LogP contribution in [0.15, 0.2) is 28.7 Å². The van der Waals surface area contributed by atoms with Crippen LogP contribution in [0.25, 0.3) is 0 Å². The van der Waals surface area contributed by atoms with E-state index >= 15 is 0 Å². The molecule has 0 amide bonds. The Labute approximate surface area is 121 Å². The van der Waals surface area contributed by atoms with Crippen molar-refractivity contribution in [3.63, 3.8) is 0 Å². The van der Waals surface area contributed by atoms with Crippen molar-refractivity contribution >= 4 is 17.6 Å². The Kier molecular flexibility index (Phi) is 5.12. The molecule has 20 heavy (non-hydrogen) atoms. The maximum atomic E-state index is 10.4. The van der Waals surface area contributed by atoms with E-state index in [4.69, 9.17) is 21.1 Å². The highest BCUT2D eigenvalue weighted by atomic mass is 35.5. The number of hydrogen-bond donors (Lipinski definition) is 1. The molecule has 0 fully saturated rings. The predicted molar refractivity (Wildman–Crippen MR) is 73.7 cm³/mol. The Morgan fingerprint density at radius 2 is 1.85 bits per heavy atom. The molecule has 0 atom stereocenters. The molecule has 0 bridgehead atoms. The maximum Gasteiger partial charge on any atom is 0.303 e. The molecule has 106 valence electrons. The van der Waals surface area contributed by atoms with Crippen molar-refractivity contribution in [3.05, 3.63) is 46.6 Å². The Balaban J connectivity index is 1.82. The van der Waals surface area contributed by atoms with E-state index in [1.54, 1.807) is 0 Å². The third kappa shape index (κ3) is 4.66. The summed E-state index contributed by atoms with van der Waals surface area (Å²) in [6.45, 7) is 0. The largest absolute Gasteiger partial charge is 0.481 e. The lowest BCUT2D eigenvalue weighted by Gasteiger charge is -1.97. The summed E-state index contributed by atoms with van der Waals surface area (Å²) in [6.07, 6.45) is 2.70. The molecule has 2 aromatic rings. The van der Waals surface area contributed by atoms with Crippen molar-refractivity contribution in [3.8, 4) is 0 Å². The van der Waals surface area contributed by atoms with Crippen LogP contribution in [0.3, 0.4) is 0 Å². The second-order valence-corrected chi connectivity index (χ2v) is 4.93. The molecule has 1 N–H and O–H groups in total. The number of rotatable bonds is 7. The van der Waals surface area contributed by atoms with Crippen molar-refractivity contribution in [2.24, 2.45) is 0 Å². The number of halogens is 1. The van der Waals surface area contributed by atoms with Crippen LogP contribution in [0, 0.1) is 0 Å². The SMILES string of the molecule is O=C(O)CCCCc1nnc(Cc2ccc(Cl)cc2)o1. The Morgan fingerprint density at radius 3 is 2.55 bits per heavy atom. The van der Waals surface area contributed by atoms with Gasteiger partial charge in [-0.3, -0.25) is 4.79 Å². The summed E-state index contributed by atoms with van der Waals surface area (Å²) in [5.41, 5.74) is 1.05. The third-order valence-corrected chi connectivity index (χ3v) is 3.06. The van der Waals surface area contributed by atoms with Gasteiger partial charge in [-0.15, -0.1) is 10.2 Å². The summed E-state index contributed by atoms with van der Waals surface area (Å²) < 4.78 is 5.52. The minimum absolute atomic E-state index is 0.172. The van der Waals surface area contributed by atoms with E-state index in [1.165, 1.54) is 0 Å². The molecule has 2 rings (SSSR count). The van der Waals surface area contributed by atoms with E-state index in [1.807, 2.05) is 24.3 Å². The number of aryl methyl sites for hydroxylation is 1. The fourth-order valence-corrected chi connectivity index (χ4v) is 1.92. The second kappa shape index (κ2) is 7.05. The molecule has 6 heteroatoms. The van der Waals surface area contributed by atoms with E-state index in [0.717, 1.165) is 12.0 Å². The predicted octanol–water partition coefficient (Wildman–Crippen LogP) is 3.11. The summed E-state index contributed by atoms with van der Waals surface area (Å²) in [5.74, 6) is 0.332. The number of aliphatic carboxylic acids is 1. The number of benzene rings is 1. The number of hydrogen-bond acceptors (Lipinski definition) is 4. The van der Waals surface area contributed by atoms with Crippen LogP contribution >= 0.6 is 11.6 Å². The van der Waals surface area contributed by atoms with Gasteiger partial charge in [0.05, 0.1) is 6.42 Å². The summed E-state index contributed by atoms with van der Waals surface area (Å²) in [7, 11) is 0. The molecule has 1 heterocycles. The fraction of sp³-hybridized carbons (Fsp3) is 0.357. The zero-order valence-electron chi connectivity index (χ0n) is 10.9. The first-order valence-corrected chi connectivity index (χ1v) is 6.79. The van der Waals surface area contributed by atoms with Crippen molar-refractivity contribution < 1.29 is 14.3 Å². The van der Waals surface area contributed by atoms with Gasteiger partial charge in [-0.2, -0.15) is 0 Å². The van der Waals surface area contributed by atoms with Gasteiger partial charge < -0.3 is 9.52 Å². The molecule has 0 unspecified atom stereocenters. The van der Waals surface area contributed by atoms with Gasteiger partial charge in [0.1, 0.15) is 0 Å². The number of nitrogens with zero attached hydrogens (tertiary/aromatic N) is 2. The summed E-state index contributed by atoms with van der Waals surface area (Å²) >= 11 is 5.82. The van der Waals surface area contributed by atoms with Gasteiger partial charge in [0, 0.05) is 17.9 Å². The Morgan fingerprint density at radius 1 is 1.15 bits per heavy atom. The van der Waals surface area contributed by atoms with Gasteiger partial charge in [0.2, 0.25) is 11.8 Å². The van der Waals surface area contributed by atoms with Crippen LogP contribution in [0.2, 0.25) is 5.02 Å². The molecule has 0 aliphatic carbocycles. The molecule has 1 aromatic carbocycles. The number of carboxylic acids is 1. The van der Waals surface area contributed by atoms with Crippen LogP contribution in [0.4, 0.5) is 0 Å². The van der Waals surface area contributed by atoms with Crippen molar-refractivity contribution in [1.29, 1.82) is 0 Å². The lowest BCUT2D eigenvalue weighted by atomic mass is 10.1. The molecule has 5 nitrogen and oxygen atoms in total. The van der Waals surface area contributed by atoms with Crippen LogP contribution in [-0.4, -0.2) is 21.3 Å². The zero-order valence-corrected chi connectivity index (χ0v) is 11.6. The first-order valence-electron chi connectivity index (χ1n) is 6.41. The third-order valence-electron chi connectivity index (χ3n) is 2.81. The average Bonchev–Trinajstić information content (AvgIpc) is 2.85. The molecular formula is C14H15ClN2O3. The van der Waals surface area contributed by atoms with Crippen LogP contribution in [0.5, 0.6) is 0 Å². The topological polar surface area (TPSA) is 76.2 Å². The zero-order chi connectivity index (χ0) is 14.4. The standard InChI is InChI=1S/C14H15ClN2O3/c15-11-7-5-10(6-8-11)9-13-17-16-12(20-13)3-1-2-4-14(18)19/h5-8H,1-4,9H2,(H,18,19). The monoisotopic (exact) mass is 294 g/mol. The van der Waals surface area contributed by atoms with E-state index in [2.05, 4.69) is 10.2 Å². The molecule has 0 aliphatic heterocycles. The van der Waals surface area contributed by atoms with E-state index in [9.17, 15) is 4.79 Å². The molecule has 0 aliphatic rings.